The Balaban J connectivity index is 2.55. The molecule has 0 spiro atoms. The normalized spacial score (nSPS) is 13.3. The van der Waals surface area contributed by atoms with E-state index in [4.69, 9.17) is 5.73 Å². The summed E-state index contributed by atoms with van der Waals surface area (Å²) in [5.41, 5.74) is 5.00. The second-order valence-corrected chi connectivity index (χ2v) is 4.42. The minimum absolute atomic E-state index is 0.0171. The molecular weight excluding hydrogens is 272 g/mol. The lowest BCUT2D eigenvalue weighted by Crippen LogP contribution is -2.20. The molecular formula is C14H12F4N2. The minimum atomic E-state index is -4.56. The van der Waals surface area contributed by atoms with Crippen LogP contribution in [0.4, 0.5) is 17.6 Å². The van der Waals surface area contributed by atoms with Crippen LogP contribution in [0.2, 0.25) is 0 Å². The first kappa shape index (κ1) is 14.5. The van der Waals surface area contributed by atoms with Gasteiger partial charge in [-0.25, -0.2) is 4.39 Å². The maximum absolute atomic E-state index is 14.0. The molecule has 2 aromatic rings. The fourth-order valence-corrected chi connectivity index (χ4v) is 1.99. The largest absolute Gasteiger partial charge is 0.416 e. The average molecular weight is 284 g/mol. The third-order valence-corrected chi connectivity index (χ3v) is 3.05. The maximum atomic E-state index is 14.0. The SMILES string of the molecule is Cc1cccc(C(N)c2cnccc2C(F)(F)F)c1F. The first-order valence-electron chi connectivity index (χ1n) is 5.84. The van der Waals surface area contributed by atoms with Gasteiger partial charge in [-0.1, -0.05) is 18.2 Å². The summed E-state index contributed by atoms with van der Waals surface area (Å²) < 4.78 is 52.8. The van der Waals surface area contributed by atoms with E-state index < -0.39 is 23.6 Å². The van der Waals surface area contributed by atoms with Gasteiger partial charge in [-0.3, -0.25) is 4.98 Å². The van der Waals surface area contributed by atoms with E-state index in [0.29, 0.717) is 5.56 Å². The molecule has 0 aliphatic rings. The van der Waals surface area contributed by atoms with Gasteiger partial charge in [0.1, 0.15) is 5.82 Å². The van der Waals surface area contributed by atoms with Crippen molar-refractivity contribution in [1.29, 1.82) is 0 Å². The second-order valence-electron chi connectivity index (χ2n) is 4.42. The Morgan fingerprint density at radius 3 is 2.50 bits per heavy atom. The molecule has 1 heterocycles. The Labute approximate surface area is 113 Å². The first-order valence-corrected chi connectivity index (χ1v) is 5.84. The van der Waals surface area contributed by atoms with Crippen molar-refractivity contribution >= 4 is 0 Å². The summed E-state index contributed by atoms with van der Waals surface area (Å²) >= 11 is 0. The Morgan fingerprint density at radius 1 is 1.15 bits per heavy atom. The van der Waals surface area contributed by atoms with E-state index in [2.05, 4.69) is 4.98 Å². The molecule has 0 saturated heterocycles. The van der Waals surface area contributed by atoms with Crippen LogP contribution in [0, 0.1) is 12.7 Å². The van der Waals surface area contributed by atoms with Gasteiger partial charge < -0.3 is 5.73 Å². The van der Waals surface area contributed by atoms with E-state index in [1.165, 1.54) is 19.1 Å². The van der Waals surface area contributed by atoms with Gasteiger partial charge in [0, 0.05) is 23.5 Å². The van der Waals surface area contributed by atoms with Gasteiger partial charge in [0.25, 0.3) is 0 Å². The number of alkyl halides is 3. The highest BCUT2D eigenvalue weighted by molar-refractivity contribution is 5.38. The Kier molecular flexibility index (Phi) is 3.76. The lowest BCUT2D eigenvalue weighted by Gasteiger charge is -2.19. The molecule has 0 aliphatic carbocycles. The van der Waals surface area contributed by atoms with Gasteiger partial charge in [-0.05, 0) is 18.6 Å². The molecule has 106 valence electrons. The predicted octanol–water partition coefficient (Wildman–Crippen LogP) is 3.60. The Hall–Kier alpha value is -1.95. The number of rotatable bonds is 2. The number of hydrogen-bond donors (Lipinski definition) is 1. The predicted molar refractivity (Wildman–Crippen MR) is 66.4 cm³/mol. The third-order valence-electron chi connectivity index (χ3n) is 3.05. The molecule has 20 heavy (non-hydrogen) atoms. The van der Waals surface area contributed by atoms with E-state index in [-0.39, 0.29) is 11.1 Å². The first-order chi connectivity index (χ1) is 9.32. The van der Waals surface area contributed by atoms with Crippen molar-refractivity contribution in [3.05, 3.63) is 64.7 Å². The molecule has 1 atom stereocenters. The van der Waals surface area contributed by atoms with Crippen LogP contribution in [-0.4, -0.2) is 4.98 Å². The summed E-state index contributed by atoms with van der Waals surface area (Å²) in [6.07, 6.45) is -2.50. The molecule has 0 fully saturated rings. The van der Waals surface area contributed by atoms with Crippen molar-refractivity contribution in [3.8, 4) is 0 Å². The summed E-state index contributed by atoms with van der Waals surface area (Å²) in [6, 6.07) is 4.07. The van der Waals surface area contributed by atoms with Gasteiger partial charge in [0.05, 0.1) is 11.6 Å². The van der Waals surface area contributed by atoms with Crippen molar-refractivity contribution in [2.45, 2.75) is 19.1 Å². The van der Waals surface area contributed by atoms with Crippen LogP contribution in [-0.2, 0) is 6.18 Å². The van der Waals surface area contributed by atoms with Crippen LogP contribution in [0.1, 0.15) is 28.3 Å². The number of benzene rings is 1. The van der Waals surface area contributed by atoms with Crippen LogP contribution >= 0.6 is 0 Å². The number of aromatic nitrogens is 1. The summed E-state index contributed by atoms with van der Waals surface area (Å²) in [5.74, 6) is -0.600. The zero-order valence-electron chi connectivity index (χ0n) is 10.6. The fraction of sp³-hybridized carbons (Fsp3) is 0.214. The Bertz CT molecular complexity index is 623. The zero-order valence-corrected chi connectivity index (χ0v) is 10.6. The van der Waals surface area contributed by atoms with E-state index in [9.17, 15) is 17.6 Å². The van der Waals surface area contributed by atoms with Crippen LogP contribution in [0.5, 0.6) is 0 Å². The summed E-state index contributed by atoms with van der Waals surface area (Å²) in [6.45, 7) is 1.53. The summed E-state index contributed by atoms with van der Waals surface area (Å²) in [7, 11) is 0. The van der Waals surface area contributed by atoms with Gasteiger partial charge in [0.2, 0.25) is 0 Å². The molecule has 2 N–H and O–H groups in total. The zero-order chi connectivity index (χ0) is 14.9. The van der Waals surface area contributed by atoms with Crippen molar-refractivity contribution in [2.75, 3.05) is 0 Å². The Morgan fingerprint density at radius 2 is 1.85 bits per heavy atom. The maximum Gasteiger partial charge on any atom is 0.416 e. The summed E-state index contributed by atoms with van der Waals surface area (Å²) in [5, 5.41) is 0. The highest BCUT2D eigenvalue weighted by Gasteiger charge is 2.35. The van der Waals surface area contributed by atoms with Crippen molar-refractivity contribution < 1.29 is 17.6 Å². The van der Waals surface area contributed by atoms with Gasteiger partial charge in [-0.2, -0.15) is 13.2 Å². The number of halogens is 4. The van der Waals surface area contributed by atoms with Crippen molar-refractivity contribution in [1.82, 2.24) is 4.98 Å². The average Bonchev–Trinajstić information content (AvgIpc) is 2.40. The van der Waals surface area contributed by atoms with Crippen LogP contribution in [0.25, 0.3) is 0 Å². The lowest BCUT2D eigenvalue weighted by atomic mass is 9.95. The number of aryl methyl sites for hydroxylation is 1. The molecule has 0 bridgehead atoms. The smallest absolute Gasteiger partial charge is 0.320 e. The number of hydrogen-bond acceptors (Lipinski definition) is 2. The third kappa shape index (κ3) is 2.65. The van der Waals surface area contributed by atoms with Gasteiger partial charge in [-0.15, -0.1) is 0 Å². The van der Waals surface area contributed by atoms with E-state index in [1.54, 1.807) is 6.07 Å². The molecule has 6 heteroatoms. The highest BCUT2D eigenvalue weighted by Crippen LogP contribution is 2.35. The molecule has 1 unspecified atom stereocenters. The van der Waals surface area contributed by atoms with Crippen molar-refractivity contribution in [2.24, 2.45) is 5.73 Å². The molecule has 0 amide bonds. The molecule has 0 aliphatic heterocycles. The highest BCUT2D eigenvalue weighted by atomic mass is 19.4. The van der Waals surface area contributed by atoms with Gasteiger partial charge in [0.15, 0.2) is 0 Å². The molecule has 2 nitrogen and oxygen atoms in total. The minimum Gasteiger partial charge on any atom is -0.320 e. The lowest BCUT2D eigenvalue weighted by molar-refractivity contribution is -0.138. The molecule has 0 saturated carbocycles. The van der Waals surface area contributed by atoms with E-state index >= 15 is 0 Å². The summed E-state index contributed by atoms with van der Waals surface area (Å²) in [4.78, 5) is 3.66. The molecule has 0 radical (unpaired) electrons. The monoisotopic (exact) mass is 284 g/mol. The van der Waals surface area contributed by atoms with E-state index in [0.717, 1.165) is 18.5 Å². The standard InChI is InChI=1S/C14H12F4N2/c1-8-3-2-4-9(12(8)15)13(19)10-7-20-6-5-11(10)14(16,17)18/h2-7,13H,19H2,1H3. The van der Waals surface area contributed by atoms with E-state index in [1.807, 2.05) is 0 Å². The fourth-order valence-electron chi connectivity index (χ4n) is 1.99. The molecule has 2 rings (SSSR count). The topological polar surface area (TPSA) is 38.9 Å². The number of nitrogens with two attached hydrogens (primary N) is 1. The molecule has 1 aromatic carbocycles. The van der Waals surface area contributed by atoms with Crippen LogP contribution in [0.3, 0.4) is 0 Å². The van der Waals surface area contributed by atoms with Crippen LogP contribution in [0.15, 0.2) is 36.7 Å². The number of pyridine rings is 1. The van der Waals surface area contributed by atoms with Crippen LogP contribution < -0.4 is 5.73 Å². The quantitative estimate of drug-likeness (QED) is 0.856. The second kappa shape index (κ2) is 5.20. The van der Waals surface area contributed by atoms with Crippen molar-refractivity contribution in [3.63, 3.8) is 0 Å². The van der Waals surface area contributed by atoms with Gasteiger partial charge >= 0.3 is 6.18 Å². The molecule has 1 aromatic heterocycles. The number of nitrogens with zero attached hydrogens (tertiary/aromatic N) is 1.